The van der Waals surface area contributed by atoms with E-state index in [-0.39, 0.29) is 11.5 Å². The summed E-state index contributed by atoms with van der Waals surface area (Å²) >= 11 is 0. The van der Waals surface area contributed by atoms with E-state index in [1.54, 1.807) is 0 Å². The molecule has 1 amide bonds. The summed E-state index contributed by atoms with van der Waals surface area (Å²) in [6, 6.07) is 6.46. The maximum absolute atomic E-state index is 12.6. The van der Waals surface area contributed by atoms with Gasteiger partial charge in [0.1, 0.15) is 6.10 Å². The number of aliphatic hydroxyl groups excluding tert-OH is 1. The van der Waals surface area contributed by atoms with Crippen LogP contribution in [0, 0.1) is 0 Å². The van der Waals surface area contributed by atoms with Crippen LogP contribution in [0.1, 0.15) is 42.4 Å². The summed E-state index contributed by atoms with van der Waals surface area (Å²) < 4.78 is 5.80. The van der Waals surface area contributed by atoms with Crippen LogP contribution in [0.3, 0.4) is 0 Å². The molecule has 1 aliphatic carbocycles. The fraction of sp³-hybridized carbons (Fsp3) is 0.632. The summed E-state index contributed by atoms with van der Waals surface area (Å²) in [5.41, 5.74) is 3.56. The van der Waals surface area contributed by atoms with Crippen LogP contribution < -0.4 is 0 Å². The first-order chi connectivity index (χ1) is 11.2. The minimum Gasteiger partial charge on any atom is -0.388 e. The van der Waals surface area contributed by atoms with Gasteiger partial charge in [-0.15, -0.1) is 0 Å². The molecule has 4 rings (SSSR count). The number of carbonyl (C=O) groups is 1. The quantitative estimate of drug-likeness (QED) is 0.906. The SMILES string of the molecule is O=C(Cc1ccc2c(c1)CCC2)N1CC[C@@]2(CCCO2)[C@@H](O)C1. The van der Waals surface area contributed by atoms with Crippen LogP contribution in [0.4, 0.5) is 0 Å². The molecule has 3 aliphatic rings. The monoisotopic (exact) mass is 315 g/mol. The molecule has 0 bridgehead atoms. The molecule has 1 aromatic rings. The van der Waals surface area contributed by atoms with E-state index in [1.165, 1.54) is 24.0 Å². The van der Waals surface area contributed by atoms with Gasteiger partial charge in [0.15, 0.2) is 0 Å². The number of benzene rings is 1. The number of hydrogen-bond acceptors (Lipinski definition) is 3. The third kappa shape index (κ3) is 2.79. The smallest absolute Gasteiger partial charge is 0.227 e. The van der Waals surface area contributed by atoms with Crippen molar-refractivity contribution in [2.45, 2.75) is 56.7 Å². The van der Waals surface area contributed by atoms with Gasteiger partial charge in [0.2, 0.25) is 5.91 Å². The molecule has 0 aromatic heterocycles. The van der Waals surface area contributed by atoms with Gasteiger partial charge in [0.05, 0.1) is 12.0 Å². The average Bonchev–Trinajstić information content (AvgIpc) is 3.19. The third-order valence-electron chi connectivity index (χ3n) is 5.81. The summed E-state index contributed by atoms with van der Waals surface area (Å²) in [5.74, 6) is 0.120. The molecule has 4 nitrogen and oxygen atoms in total. The fourth-order valence-corrected chi connectivity index (χ4v) is 4.38. The van der Waals surface area contributed by atoms with E-state index >= 15 is 0 Å². The van der Waals surface area contributed by atoms with E-state index in [1.807, 2.05) is 4.90 Å². The normalized spacial score (nSPS) is 30.0. The molecule has 23 heavy (non-hydrogen) atoms. The molecule has 0 radical (unpaired) electrons. The lowest BCUT2D eigenvalue weighted by Crippen LogP contribution is -2.56. The first-order valence-corrected chi connectivity index (χ1v) is 8.87. The zero-order valence-electron chi connectivity index (χ0n) is 13.6. The minimum atomic E-state index is -0.553. The number of hydrogen-bond donors (Lipinski definition) is 1. The highest BCUT2D eigenvalue weighted by Crippen LogP contribution is 2.36. The van der Waals surface area contributed by atoms with Gasteiger partial charge in [0.25, 0.3) is 0 Å². The van der Waals surface area contributed by atoms with E-state index in [4.69, 9.17) is 4.74 Å². The Balaban J connectivity index is 1.40. The molecule has 2 aliphatic heterocycles. The van der Waals surface area contributed by atoms with Crippen molar-refractivity contribution in [1.29, 1.82) is 0 Å². The summed E-state index contributed by atoms with van der Waals surface area (Å²) in [6.07, 6.45) is 6.11. The van der Waals surface area contributed by atoms with E-state index < -0.39 is 6.10 Å². The second kappa shape index (κ2) is 5.91. The van der Waals surface area contributed by atoms with Gasteiger partial charge in [-0.05, 0) is 55.2 Å². The largest absolute Gasteiger partial charge is 0.388 e. The highest BCUT2D eigenvalue weighted by molar-refractivity contribution is 5.79. The number of rotatable bonds is 2. The molecule has 1 spiro atoms. The molecule has 124 valence electrons. The molecule has 4 heteroatoms. The van der Waals surface area contributed by atoms with Crippen LogP contribution >= 0.6 is 0 Å². The minimum absolute atomic E-state index is 0.120. The van der Waals surface area contributed by atoms with Crippen LogP contribution in [0.2, 0.25) is 0 Å². The Bertz CT molecular complexity index is 607. The number of amides is 1. The highest BCUT2D eigenvalue weighted by Gasteiger charge is 2.46. The Kier molecular flexibility index (Phi) is 3.90. The molecule has 1 aromatic carbocycles. The lowest BCUT2D eigenvalue weighted by molar-refractivity contribution is -0.151. The number of aryl methyl sites for hydroxylation is 2. The molecule has 1 N–H and O–H groups in total. The molecule has 0 unspecified atom stereocenters. The Morgan fingerprint density at radius 3 is 2.91 bits per heavy atom. The molecule has 0 saturated carbocycles. The number of fused-ring (bicyclic) bond motifs is 1. The van der Waals surface area contributed by atoms with Crippen molar-refractivity contribution in [2.24, 2.45) is 0 Å². The summed E-state index contributed by atoms with van der Waals surface area (Å²) in [7, 11) is 0. The van der Waals surface area contributed by atoms with Crippen molar-refractivity contribution >= 4 is 5.91 Å². The van der Waals surface area contributed by atoms with Gasteiger partial charge >= 0.3 is 0 Å². The molecule has 2 saturated heterocycles. The number of ether oxygens (including phenoxy) is 1. The summed E-state index contributed by atoms with van der Waals surface area (Å²) in [6.45, 7) is 1.84. The lowest BCUT2D eigenvalue weighted by atomic mass is 9.86. The first kappa shape index (κ1) is 15.2. The van der Waals surface area contributed by atoms with Crippen molar-refractivity contribution in [3.63, 3.8) is 0 Å². The number of piperidine rings is 1. The number of β-amino-alcohol motifs (C(OH)–C–C–N with tert-alkyl or cyclic N) is 1. The van der Waals surface area contributed by atoms with Gasteiger partial charge in [-0.2, -0.15) is 0 Å². The van der Waals surface area contributed by atoms with E-state index in [9.17, 15) is 9.90 Å². The Morgan fingerprint density at radius 2 is 2.13 bits per heavy atom. The van der Waals surface area contributed by atoms with Crippen LogP contribution in [0.15, 0.2) is 18.2 Å². The van der Waals surface area contributed by atoms with Crippen molar-refractivity contribution < 1.29 is 14.6 Å². The van der Waals surface area contributed by atoms with E-state index in [2.05, 4.69) is 18.2 Å². The predicted molar refractivity (Wildman–Crippen MR) is 87.3 cm³/mol. The molecular weight excluding hydrogens is 290 g/mol. The average molecular weight is 315 g/mol. The third-order valence-corrected chi connectivity index (χ3v) is 5.81. The molecular formula is C19H25NO3. The van der Waals surface area contributed by atoms with Gasteiger partial charge in [0, 0.05) is 19.7 Å². The van der Waals surface area contributed by atoms with Crippen molar-refractivity contribution in [3.8, 4) is 0 Å². The maximum atomic E-state index is 12.6. The van der Waals surface area contributed by atoms with Gasteiger partial charge < -0.3 is 14.7 Å². The van der Waals surface area contributed by atoms with Crippen LogP contribution in [0.5, 0.6) is 0 Å². The fourth-order valence-electron chi connectivity index (χ4n) is 4.38. The van der Waals surface area contributed by atoms with Crippen molar-refractivity contribution in [1.82, 2.24) is 4.90 Å². The Morgan fingerprint density at radius 1 is 1.26 bits per heavy atom. The van der Waals surface area contributed by atoms with Gasteiger partial charge in [-0.3, -0.25) is 4.79 Å². The molecule has 2 fully saturated rings. The van der Waals surface area contributed by atoms with E-state index in [0.717, 1.165) is 37.9 Å². The summed E-state index contributed by atoms with van der Waals surface area (Å²) in [5, 5.41) is 10.5. The first-order valence-electron chi connectivity index (χ1n) is 8.87. The van der Waals surface area contributed by atoms with Crippen LogP contribution in [0.25, 0.3) is 0 Å². The lowest BCUT2D eigenvalue weighted by Gasteiger charge is -2.42. The second-order valence-corrected chi connectivity index (χ2v) is 7.26. The van der Waals surface area contributed by atoms with Gasteiger partial charge in [-0.1, -0.05) is 18.2 Å². The predicted octanol–water partition coefficient (Wildman–Crippen LogP) is 1.86. The Hall–Kier alpha value is -1.39. The maximum Gasteiger partial charge on any atom is 0.227 e. The van der Waals surface area contributed by atoms with Gasteiger partial charge in [-0.25, -0.2) is 0 Å². The summed E-state index contributed by atoms with van der Waals surface area (Å²) in [4.78, 5) is 14.4. The number of aliphatic hydroxyl groups is 1. The Labute approximate surface area is 137 Å². The highest BCUT2D eigenvalue weighted by atomic mass is 16.5. The van der Waals surface area contributed by atoms with Crippen LogP contribution in [-0.2, 0) is 28.8 Å². The standard InChI is InChI=1S/C19H25NO3/c21-17-13-20(9-8-19(17)7-2-10-23-19)18(22)12-14-5-6-15-3-1-4-16(15)11-14/h5-6,11,17,21H,1-4,7-10,12-13H2/t17-,19-/m0/s1. The van der Waals surface area contributed by atoms with Crippen molar-refractivity contribution in [2.75, 3.05) is 19.7 Å². The van der Waals surface area contributed by atoms with Crippen molar-refractivity contribution in [3.05, 3.63) is 34.9 Å². The zero-order chi connectivity index (χ0) is 15.9. The van der Waals surface area contributed by atoms with E-state index in [0.29, 0.717) is 19.5 Å². The molecule has 2 atom stereocenters. The second-order valence-electron chi connectivity index (χ2n) is 7.26. The topological polar surface area (TPSA) is 49.8 Å². The molecule has 2 heterocycles. The number of nitrogens with zero attached hydrogens (tertiary/aromatic N) is 1. The number of carbonyl (C=O) groups excluding carboxylic acids is 1. The number of likely N-dealkylation sites (tertiary alicyclic amines) is 1. The zero-order valence-corrected chi connectivity index (χ0v) is 13.6. The van der Waals surface area contributed by atoms with Crippen LogP contribution in [-0.4, -0.2) is 47.3 Å².